The van der Waals surface area contributed by atoms with Crippen molar-refractivity contribution in [3.63, 3.8) is 0 Å². The largest absolute Gasteiger partial charge is 0.481 e. The zero-order valence-electron chi connectivity index (χ0n) is 9.27. The number of hydrogen-bond donors (Lipinski definition) is 2. The first-order valence-corrected chi connectivity index (χ1v) is 5.00. The Morgan fingerprint density at radius 3 is 2.24 bits per heavy atom. The molecule has 0 amide bonds. The number of aromatic carboxylic acids is 1. The summed E-state index contributed by atoms with van der Waals surface area (Å²) in [7, 11) is 0. The number of carboxylic acids is 2. The molecule has 0 aliphatic carbocycles. The number of carbonyl (C=O) groups is 3. The quantitative estimate of drug-likeness (QED) is 0.760. The minimum absolute atomic E-state index is 0.0596. The number of Topliss-reactive ketones (excluding diaryl/α,β-unsaturated/α-hetero) is 1. The molecular formula is C12H12O5. The van der Waals surface area contributed by atoms with Crippen molar-refractivity contribution < 1.29 is 24.6 Å². The third-order valence-corrected chi connectivity index (χ3v) is 2.27. The Balaban J connectivity index is 3.00. The highest BCUT2D eigenvalue weighted by Gasteiger charge is 2.17. The molecular weight excluding hydrogens is 224 g/mol. The summed E-state index contributed by atoms with van der Waals surface area (Å²) in [6.07, 6.45) is -0.496. The van der Waals surface area contributed by atoms with Crippen LogP contribution in [0.3, 0.4) is 0 Å². The molecule has 90 valence electrons. The molecule has 17 heavy (non-hydrogen) atoms. The van der Waals surface area contributed by atoms with Gasteiger partial charge in [-0.2, -0.15) is 0 Å². The zero-order valence-corrected chi connectivity index (χ0v) is 9.27. The van der Waals surface area contributed by atoms with Gasteiger partial charge in [0.25, 0.3) is 0 Å². The molecule has 0 spiro atoms. The second-order valence-corrected chi connectivity index (χ2v) is 3.67. The lowest BCUT2D eigenvalue weighted by Crippen LogP contribution is -2.10. The average molecular weight is 236 g/mol. The summed E-state index contributed by atoms with van der Waals surface area (Å²) in [6.45, 7) is 1.72. The summed E-state index contributed by atoms with van der Waals surface area (Å²) in [5, 5.41) is 17.4. The van der Waals surface area contributed by atoms with Gasteiger partial charge >= 0.3 is 11.9 Å². The van der Waals surface area contributed by atoms with Crippen LogP contribution in [-0.2, 0) is 4.79 Å². The molecule has 2 N–H and O–H groups in total. The van der Waals surface area contributed by atoms with Gasteiger partial charge in [-0.25, -0.2) is 4.79 Å². The first kappa shape index (κ1) is 12.9. The standard InChI is InChI=1S/C12H12O5/c1-7-2-3-8(9(6-7)12(16)17)10(13)4-5-11(14)15/h2-3,6H,4-5H2,1H3,(H,14,15)(H,16,17). The van der Waals surface area contributed by atoms with Gasteiger partial charge in [-0.05, 0) is 13.0 Å². The predicted molar refractivity (Wildman–Crippen MR) is 59.3 cm³/mol. The van der Waals surface area contributed by atoms with Crippen LogP contribution in [-0.4, -0.2) is 27.9 Å². The number of aryl methyl sites for hydroxylation is 1. The SMILES string of the molecule is Cc1ccc(C(=O)CCC(=O)O)c(C(=O)O)c1. The van der Waals surface area contributed by atoms with E-state index >= 15 is 0 Å². The Bertz CT molecular complexity index is 476. The molecule has 0 aliphatic rings. The summed E-state index contributed by atoms with van der Waals surface area (Å²) < 4.78 is 0. The van der Waals surface area contributed by atoms with Crippen LogP contribution in [0.15, 0.2) is 18.2 Å². The smallest absolute Gasteiger partial charge is 0.336 e. The fourth-order valence-corrected chi connectivity index (χ4v) is 1.43. The normalized spacial score (nSPS) is 9.94. The Labute approximate surface area is 97.7 Å². The van der Waals surface area contributed by atoms with Gasteiger partial charge in [-0.15, -0.1) is 0 Å². The lowest BCUT2D eigenvalue weighted by atomic mass is 9.98. The van der Waals surface area contributed by atoms with Crippen molar-refractivity contribution in [1.29, 1.82) is 0 Å². The number of aliphatic carboxylic acids is 1. The van der Waals surface area contributed by atoms with E-state index in [-0.39, 0.29) is 24.0 Å². The van der Waals surface area contributed by atoms with Crippen LogP contribution >= 0.6 is 0 Å². The van der Waals surface area contributed by atoms with Crippen LogP contribution in [0.2, 0.25) is 0 Å². The first-order valence-electron chi connectivity index (χ1n) is 5.00. The number of hydrogen-bond acceptors (Lipinski definition) is 3. The number of carboxylic acid groups (broad SMARTS) is 2. The summed E-state index contributed by atoms with van der Waals surface area (Å²) >= 11 is 0. The maximum atomic E-state index is 11.7. The molecule has 5 heteroatoms. The second kappa shape index (κ2) is 5.25. The number of benzene rings is 1. The monoisotopic (exact) mass is 236 g/mol. The number of carbonyl (C=O) groups excluding carboxylic acids is 1. The summed E-state index contributed by atoms with van der Waals surface area (Å²) in [5.41, 5.74) is 0.710. The fourth-order valence-electron chi connectivity index (χ4n) is 1.43. The number of ketones is 1. The van der Waals surface area contributed by atoms with E-state index in [0.717, 1.165) is 5.56 Å². The van der Waals surface area contributed by atoms with Crippen molar-refractivity contribution in [3.05, 3.63) is 34.9 Å². The van der Waals surface area contributed by atoms with Crippen LogP contribution in [0.4, 0.5) is 0 Å². The maximum Gasteiger partial charge on any atom is 0.336 e. The minimum Gasteiger partial charge on any atom is -0.481 e. The Kier molecular flexibility index (Phi) is 3.98. The molecule has 1 aromatic carbocycles. The third-order valence-electron chi connectivity index (χ3n) is 2.27. The Hall–Kier alpha value is -2.17. The van der Waals surface area contributed by atoms with Crippen LogP contribution in [0.1, 0.15) is 39.1 Å². The molecule has 0 radical (unpaired) electrons. The molecule has 0 atom stereocenters. The van der Waals surface area contributed by atoms with E-state index in [2.05, 4.69) is 0 Å². The molecule has 0 saturated carbocycles. The van der Waals surface area contributed by atoms with Crippen LogP contribution < -0.4 is 0 Å². The third kappa shape index (κ3) is 3.41. The van der Waals surface area contributed by atoms with Crippen molar-refractivity contribution in [2.75, 3.05) is 0 Å². The summed E-state index contributed by atoms with van der Waals surface area (Å²) in [4.78, 5) is 32.9. The lowest BCUT2D eigenvalue weighted by molar-refractivity contribution is -0.136. The molecule has 0 aliphatic heterocycles. The van der Waals surface area contributed by atoms with Crippen LogP contribution in [0.25, 0.3) is 0 Å². The highest BCUT2D eigenvalue weighted by Crippen LogP contribution is 2.15. The van der Waals surface area contributed by atoms with Gasteiger partial charge in [-0.1, -0.05) is 17.7 Å². The van der Waals surface area contributed by atoms with Crippen LogP contribution in [0.5, 0.6) is 0 Å². The fraction of sp³-hybridized carbons (Fsp3) is 0.250. The van der Waals surface area contributed by atoms with Gasteiger partial charge in [0, 0.05) is 12.0 Å². The van der Waals surface area contributed by atoms with Crippen molar-refractivity contribution >= 4 is 17.7 Å². The molecule has 1 aromatic rings. The molecule has 0 fully saturated rings. The summed E-state index contributed by atoms with van der Waals surface area (Å²) in [5.74, 6) is -2.74. The van der Waals surface area contributed by atoms with Crippen molar-refractivity contribution in [3.8, 4) is 0 Å². The van der Waals surface area contributed by atoms with Gasteiger partial charge in [0.05, 0.1) is 12.0 Å². The molecule has 0 unspecified atom stereocenters. The van der Waals surface area contributed by atoms with Crippen molar-refractivity contribution in [2.45, 2.75) is 19.8 Å². The highest BCUT2D eigenvalue weighted by molar-refractivity contribution is 6.06. The van der Waals surface area contributed by atoms with Gasteiger partial charge in [-0.3, -0.25) is 9.59 Å². The molecule has 0 saturated heterocycles. The van der Waals surface area contributed by atoms with Gasteiger partial charge < -0.3 is 10.2 Å². The van der Waals surface area contributed by atoms with E-state index in [9.17, 15) is 14.4 Å². The van der Waals surface area contributed by atoms with Crippen molar-refractivity contribution in [2.24, 2.45) is 0 Å². The first-order chi connectivity index (χ1) is 7.91. The van der Waals surface area contributed by atoms with Crippen molar-refractivity contribution in [1.82, 2.24) is 0 Å². The van der Waals surface area contributed by atoms with Crippen LogP contribution in [0, 0.1) is 6.92 Å². The van der Waals surface area contributed by atoms with Gasteiger partial charge in [0.2, 0.25) is 0 Å². The number of rotatable bonds is 5. The van der Waals surface area contributed by atoms with Gasteiger partial charge in [0.1, 0.15) is 0 Å². The Morgan fingerprint density at radius 1 is 1.06 bits per heavy atom. The second-order valence-electron chi connectivity index (χ2n) is 3.67. The lowest BCUT2D eigenvalue weighted by Gasteiger charge is -2.05. The maximum absolute atomic E-state index is 11.7. The van der Waals surface area contributed by atoms with Gasteiger partial charge in [0.15, 0.2) is 5.78 Å². The van der Waals surface area contributed by atoms with E-state index in [1.54, 1.807) is 13.0 Å². The average Bonchev–Trinajstić information content (AvgIpc) is 2.25. The molecule has 0 heterocycles. The highest BCUT2D eigenvalue weighted by atomic mass is 16.4. The zero-order chi connectivity index (χ0) is 13.0. The molecule has 0 bridgehead atoms. The molecule has 5 nitrogen and oxygen atoms in total. The minimum atomic E-state index is -1.19. The summed E-state index contributed by atoms with van der Waals surface area (Å²) in [6, 6.07) is 4.44. The Morgan fingerprint density at radius 2 is 1.71 bits per heavy atom. The predicted octanol–water partition coefficient (Wildman–Crippen LogP) is 1.74. The molecule has 1 rings (SSSR count). The topological polar surface area (TPSA) is 91.7 Å². The van der Waals surface area contributed by atoms with E-state index < -0.39 is 17.7 Å². The molecule has 0 aromatic heterocycles. The van der Waals surface area contributed by atoms with E-state index in [4.69, 9.17) is 10.2 Å². The van der Waals surface area contributed by atoms with E-state index in [0.29, 0.717) is 0 Å². The van der Waals surface area contributed by atoms with E-state index in [1.165, 1.54) is 12.1 Å². The van der Waals surface area contributed by atoms with E-state index in [1.807, 2.05) is 0 Å².